The molecule has 1 aliphatic heterocycles. The quantitative estimate of drug-likeness (QED) is 0.476. The molecule has 0 radical (unpaired) electrons. The van der Waals surface area contributed by atoms with Crippen molar-refractivity contribution in [3.63, 3.8) is 0 Å². The van der Waals surface area contributed by atoms with E-state index in [1.807, 2.05) is 104 Å². The number of likely N-dealkylation sites (tertiary alicyclic amines) is 1. The summed E-state index contributed by atoms with van der Waals surface area (Å²) in [7, 11) is 1.40. The zero-order valence-corrected chi connectivity index (χ0v) is 19.3. The van der Waals surface area contributed by atoms with Gasteiger partial charge in [-0.2, -0.15) is 0 Å². The van der Waals surface area contributed by atoms with E-state index in [0.717, 1.165) is 21.6 Å². The second kappa shape index (κ2) is 9.21. The smallest absolute Gasteiger partial charge is 0.325 e. The number of methoxy groups -OCH3 is 1. The van der Waals surface area contributed by atoms with Crippen molar-refractivity contribution >= 4 is 23.6 Å². The van der Waals surface area contributed by atoms with Crippen LogP contribution in [0.1, 0.15) is 29.7 Å². The SMILES string of the molecule is COC(=O)[C@@]1(Sc2ccc(C)cc2)[C@@H](C)C(=O)N(Cc2ccccc2)[C@@H]1c1ccccc1. The molecule has 1 aliphatic rings. The van der Waals surface area contributed by atoms with Crippen LogP contribution >= 0.6 is 11.8 Å². The number of nitrogens with zero attached hydrogens (tertiary/aromatic N) is 1. The minimum absolute atomic E-state index is 0.0484. The van der Waals surface area contributed by atoms with Gasteiger partial charge in [-0.1, -0.05) is 85.3 Å². The summed E-state index contributed by atoms with van der Waals surface area (Å²) in [6.45, 7) is 4.30. The fraction of sp³-hybridized carbons (Fsp3) is 0.259. The number of ether oxygens (including phenoxy) is 1. The van der Waals surface area contributed by atoms with Crippen molar-refractivity contribution in [1.82, 2.24) is 4.90 Å². The molecule has 3 atom stereocenters. The Labute approximate surface area is 193 Å². The van der Waals surface area contributed by atoms with E-state index in [-0.39, 0.29) is 11.9 Å². The summed E-state index contributed by atoms with van der Waals surface area (Å²) in [4.78, 5) is 30.0. The fourth-order valence-electron chi connectivity index (χ4n) is 4.48. The van der Waals surface area contributed by atoms with Gasteiger partial charge in [0.05, 0.1) is 19.1 Å². The zero-order valence-electron chi connectivity index (χ0n) is 18.5. The molecule has 0 unspecified atom stereocenters. The molecule has 0 aromatic heterocycles. The molecule has 3 aromatic carbocycles. The molecule has 0 bridgehead atoms. The van der Waals surface area contributed by atoms with Crippen molar-refractivity contribution in [2.45, 2.75) is 36.1 Å². The van der Waals surface area contributed by atoms with Crippen LogP contribution in [0.3, 0.4) is 0 Å². The summed E-state index contributed by atoms with van der Waals surface area (Å²) in [6.07, 6.45) is 0. The van der Waals surface area contributed by atoms with Gasteiger partial charge in [0.2, 0.25) is 5.91 Å². The Hall–Kier alpha value is -3.05. The average molecular weight is 446 g/mol. The van der Waals surface area contributed by atoms with Crippen molar-refractivity contribution in [2.24, 2.45) is 5.92 Å². The Balaban J connectivity index is 1.87. The third-order valence-electron chi connectivity index (χ3n) is 6.14. The fourth-order valence-corrected chi connectivity index (χ4v) is 5.96. The topological polar surface area (TPSA) is 46.6 Å². The van der Waals surface area contributed by atoms with Crippen LogP contribution in [-0.4, -0.2) is 28.6 Å². The third-order valence-corrected chi connectivity index (χ3v) is 7.73. The molecule has 0 aliphatic carbocycles. The van der Waals surface area contributed by atoms with Gasteiger partial charge in [0.1, 0.15) is 0 Å². The van der Waals surface area contributed by atoms with Gasteiger partial charge >= 0.3 is 5.97 Å². The van der Waals surface area contributed by atoms with Crippen molar-refractivity contribution < 1.29 is 14.3 Å². The van der Waals surface area contributed by atoms with Crippen LogP contribution in [0.2, 0.25) is 0 Å². The second-order valence-electron chi connectivity index (χ2n) is 8.19. The number of thioether (sulfide) groups is 1. The van der Waals surface area contributed by atoms with Crippen LogP contribution in [0, 0.1) is 12.8 Å². The number of benzene rings is 3. The molecule has 4 rings (SSSR count). The van der Waals surface area contributed by atoms with Crippen LogP contribution in [-0.2, 0) is 20.9 Å². The molecule has 4 nitrogen and oxygen atoms in total. The summed E-state index contributed by atoms with van der Waals surface area (Å²) in [6, 6.07) is 27.3. The molecule has 3 aromatic rings. The highest BCUT2D eigenvalue weighted by Gasteiger charge is 2.63. The first-order valence-corrected chi connectivity index (χ1v) is 11.5. The summed E-state index contributed by atoms with van der Waals surface area (Å²) in [5.74, 6) is -0.990. The molecule has 32 heavy (non-hydrogen) atoms. The van der Waals surface area contributed by atoms with Crippen LogP contribution in [0.5, 0.6) is 0 Å². The van der Waals surface area contributed by atoms with Crippen LogP contribution in [0.15, 0.2) is 89.8 Å². The molecule has 164 valence electrons. The number of amides is 1. The van der Waals surface area contributed by atoms with E-state index in [4.69, 9.17) is 4.74 Å². The largest absolute Gasteiger partial charge is 0.468 e. The zero-order chi connectivity index (χ0) is 22.7. The van der Waals surface area contributed by atoms with Crippen LogP contribution in [0.4, 0.5) is 0 Å². The Morgan fingerprint density at radius 3 is 2.16 bits per heavy atom. The van der Waals surface area contributed by atoms with Crippen molar-refractivity contribution in [1.29, 1.82) is 0 Å². The van der Waals surface area contributed by atoms with E-state index >= 15 is 0 Å². The predicted molar refractivity (Wildman–Crippen MR) is 127 cm³/mol. The van der Waals surface area contributed by atoms with Crippen molar-refractivity contribution in [2.75, 3.05) is 7.11 Å². The standard InChI is InChI=1S/C27H27NO3S/c1-19-14-16-23(17-15-19)32-27(26(30)31-3)20(2)25(29)28(18-21-10-6-4-7-11-21)24(27)22-12-8-5-9-13-22/h4-17,20,24H,18H2,1-3H3/t20-,24+,27+/m0/s1. The average Bonchev–Trinajstić information content (AvgIpc) is 3.03. The Morgan fingerprint density at radius 1 is 0.969 bits per heavy atom. The first-order chi connectivity index (χ1) is 15.5. The summed E-state index contributed by atoms with van der Waals surface area (Å²) in [5.41, 5.74) is 3.09. The molecular formula is C27H27NO3S. The van der Waals surface area contributed by atoms with Gasteiger partial charge in [-0.05, 0) is 30.2 Å². The molecular weight excluding hydrogens is 418 g/mol. The van der Waals surface area contributed by atoms with E-state index in [1.54, 1.807) is 0 Å². The maximum atomic E-state index is 13.7. The first-order valence-electron chi connectivity index (χ1n) is 10.7. The lowest BCUT2D eigenvalue weighted by molar-refractivity contribution is -0.145. The highest BCUT2D eigenvalue weighted by molar-refractivity contribution is 8.01. The number of hydrogen-bond donors (Lipinski definition) is 0. The lowest BCUT2D eigenvalue weighted by atomic mass is 9.86. The molecule has 0 N–H and O–H groups in total. The molecule has 5 heteroatoms. The first kappa shape index (κ1) is 22.2. The van der Waals surface area contributed by atoms with E-state index in [1.165, 1.54) is 18.9 Å². The van der Waals surface area contributed by atoms with Crippen molar-refractivity contribution in [3.8, 4) is 0 Å². The summed E-state index contributed by atoms with van der Waals surface area (Å²) in [5, 5.41) is 0. The van der Waals surface area contributed by atoms with Gasteiger partial charge in [0.15, 0.2) is 4.75 Å². The summed E-state index contributed by atoms with van der Waals surface area (Å²) < 4.78 is 4.25. The van der Waals surface area contributed by atoms with Gasteiger partial charge in [-0.25, -0.2) is 0 Å². The van der Waals surface area contributed by atoms with Gasteiger partial charge < -0.3 is 9.64 Å². The molecule has 1 amide bonds. The molecule has 1 fully saturated rings. The predicted octanol–water partition coefficient (Wildman–Crippen LogP) is 5.42. The highest BCUT2D eigenvalue weighted by atomic mass is 32.2. The van der Waals surface area contributed by atoms with E-state index in [9.17, 15) is 9.59 Å². The third kappa shape index (κ3) is 3.93. The van der Waals surface area contributed by atoms with Gasteiger partial charge in [0, 0.05) is 11.4 Å². The number of aryl methyl sites for hydroxylation is 1. The molecule has 0 saturated carbocycles. The number of hydrogen-bond acceptors (Lipinski definition) is 4. The van der Waals surface area contributed by atoms with Gasteiger partial charge in [-0.15, -0.1) is 11.8 Å². The number of esters is 1. The minimum Gasteiger partial charge on any atom is -0.468 e. The second-order valence-corrected chi connectivity index (χ2v) is 9.54. The Bertz CT molecular complexity index is 1080. The normalized spacial score (nSPS) is 22.7. The van der Waals surface area contributed by atoms with Crippen LogP contribution < -0.4 is 0 Å². The highest BCUT2D eigenvalue weighted by Crippen LogP contribution is 2.56. The number of rotatable bonds is 6. The van der Waals surface area contributed by atoms with E-state index in [0.29, 0.717) is 6.54 Å². The number of carbonyl (C=O) groups is 2. The van der Waals surface area contributed by atoms with E-state index < -0.39 is 16.7 Å². The van der Waals surface area contributed by atoms with Crippen molar-refractivity contribution in [3.05, 3.63) is 102 Å². The number of carbonyl (C=O) groups excluding carboxylic acids is 2. The van der Waals surface area contributed by atoms with Gasteiger partial charge in [-0.3, -0.25) is 9.59 Å². The maximum Gasteiger partial charge on any atom is 0.325 e. The Morgan fingerprint density at radius 2 is 1.56 bits per heavy atom. The van der Waals surface area contributed by atoms with Crippen LogP contribution in [0.25, 0.3) is 0 Å². The van der Waals surface area contributed by atoms with E-state index in [2.05, 4.69) is 0 Å². The lowest BCUT2D eigenvalue weighted by Gasteiger charge is -2.37. The van der Waals surface area contributed by atoms with Gasteiger partial charge in [0.25, 0.3) is 0 Å². The molecule has 1 heterocycles. The molecule has 1 saturated heterocycles. The monoisotopic (exact) mass is 445 g/mol. The lowest BCUT2D eigenvalue weighted by Crippen LogP contribution is -2.45. The minimum atomic E-state index is -1.11. The molecule has 0 spiro atoms. The Kier molecular flexibility index (Phi) is 6.38. The maximum absolute atomic E-state index is 13.7. The summed E-state index contributed by atoms with van der Waals surface area (Å²) >= 11 is 1.43.